The van der Waals surface area contributed by atoms with Crippen molar-refractivity contribution in [1.29, 1.82) is 0 Å². The number of primary amides is 1. The van der Waals surface area contributed by atoms with Crippen molar-refractivity contribution in [1.82, 2.24) is 9.55 Å². The molecular formula is C23H18BrF3N4O5S. The Morgan fingerprint density at radius 3 is 2.54 bits per heavy atom. The standard InChI is InChI=1S/C23H18BrF3N4O5S/c1-2-18-29-19(32)10-16(22(28)33)31(18)11-12-7-8-17-14(9-12)20(24)21(36-17)13-5-3-4-6-15(13)30-37(34,35)23(25,26)27/h3-10,30H,2,11H2,1H3,(H2,28,33). The molecule has 1 amide bonds. The SMILES string of the molecule is CCc1nc(=O)cc(C(N)=O)n1Cc1ccc2oc(-c3ccccc3NS(=O)(=O)C(F)(F)F)c(Br)c2c1. The topological polar surface area (TPSA) is 137 Å². The highest BCUT2D eigenvalue weighted by Gasteiger charge is 2.46. The Labute approximate surface area is 216 Å². The number of amides is 1. The molecule has 0 atom stereocenters. The first-order valence-electron chi connectivity index (χ1n) is 10.6. The van der Waals surface area contributed by atoms with E-state index in [-0.39, 0.29) is 29.2 Å². The quantitative estimate of drug-likeness (QED) is 0.323. The van der Waals surface area contributed by atoms with Crippen molar-refractivity contribution < 1.29 is 30.8 Å². The molecule has 4 rings (SSSR count). The van der Waals surface area contributed by atoms with E-state index in [0.29, 0.717) is 33.3 Å². The van der Waals surface area contributed by atoms with Gasteiger partial charge in [-0.05, 0) is 45.8 Å². The number of halogens is 4. The number of aromatic nitrogens is 2. The van der Waals surface area contributed by atoms with E-state index in [2.05, 4.69) is 20.9 Å². The summed E-state index contributed by atoms with van der Waals surface area (Å²) >= 11 is 3.41. The molecule has 194 valence electrons. The molecule has 0 fully saturated rings. The monoisotopic (exact) mass is 598 g/mol. The maximum Gasteiger partial charge on any atom is 0.516 e. The molecule has 0 saturated heterocycles. The Morgan fingerprint density at radius 1 is 1.19 bits per heavy atom. The van der Waals surface area contributed by atoms with Gasteiger partial charge in [0.1, 0.15) is 17.1 Å². The fourth-order valence-electron chi connectivity index (χ4n) is 3.75. The number of aryl methyl sites for hydroxylation is 1. The van der Waals surface area contributed by atoms with Gasteiger partial charge in [0, 0.05) is 30.0 Å². The smallest absolute Gasteiger partial charge is 0.455 e. The van der Waals surface area contributed by atoms with Gasteiger partial charge in [0.15, 0.2) is 5.76 Å². The van der Waals surface area contributed by atoms with Crippen LogP contribution < -0.4 is 16.0 Å². The van der Waals surface area contributed by atoms with Gasteiger partial charge in [-0.1, -0.05) is 25.1 Å². The van der Waals surface area contributed by atoms with Crippen LogP contribution in [0.3, 0.4) is 0 Å². The zero-order valence-electron chi connectivity index (χ0n) is 19.0. The molecule has 0 aliphatic heterocycles. The molecule has 0 saturated carbocycles. The summed E-state index contributed by atoms with van der Waals surface area (Å²) in [5.74, 6) is -0.330. The van der Waals surface area contributed by atoms with E-state index in [1.165, 1.54) is 28.8 Å². The number of nitrogens with zero attached hydrogens (tertiary/aromatic N) is 2. The molecule has 0 unspecified atom stereocenters. The number of furan rings is 1. The third-order valence-electron chi connectivity index (χ3n) is 5.42. The molecular weight excluding hydrogens is 581 g/mol. The van der Waals surface area contributed by atoms with Crippen LogP contribution in [-0.2, 0) is 23.0 Å². The molecule has 0 aliphatic rings. The number of rotatable bonds is 7. The first-order valence-corrected chi connectivity index (χ1v) is 12.9. The highest BCUT2D eigenvalue weighted by Crippen LogP contribution is 2.41. The lowest BCUT2D eigenvalue weighted by Crippen LogP contribution is -2.30. The first kappa shape index (κ1) is 26.4. The highest BCUT2D eigenvalue weighted by molar-refractivity contribution is 9.10. The maximum atomic E-state index is 12.9. The second-order valence-electron chi connectivity index (χ2n) is 7.87. The molecule has 3 N–H and O–H groups in total. The molecule has 2 aromatic heterocycles. The zero-order valence-corrected chi connectivity index (χ0v) is 21.4. The van der Waals surface area contributed by atoms with Crippen LogP contribution in [0.15, 0.2) is 62.2 Å². The minimum atomic E-state index is -5.66. The number of sulfonamides is 1. The molecule has 2 aromatic carbocycles. The molecule has 0 aliphatic carbocycles. The Hall–Kier alpha value is -3.65. The number of nitrogens with two attached hydrogens (primary N) is 1. The van der Waals surface area contributed by atoms with Gasteiger partial charge in [-0.2, -0.15) is 26.6 Å². The van der Waals surface area contributed by atoms with Gasteiger partial charge >= 0.3 is 15.5 Å². The van der Waals surface area contributed by atoms with Crippen molar-refractivity contribution in [2.24, 2.45) is 5.73 Å². The van der Waals surface area contributed by atoms with Crippen LogP contribution in [0.1, 0.15) is 28.8 Å². The number of para-hydroxylation sites is 1. The largest absolute Gasteiger partial charge is 0.516 e. The van der Waals surface area contributed by atoms with Crippen LogP contribution in [0.4, 0.5) is 18.9 Å². The Bertz CT molecular complexity index is 1700. The van der Waals surface area contributed by atoms with Crippen molar-refractivity contribution in [2.45, 2.75) is 25.4 Å². The molecule has 0 bridgehead atoms. The summed E-state index contributed by atoms with van der Waals surface area (Å²) in [5.41, 5.74) is 0.164. The van der Waals surface area contributed by atoms with Gasteiger partial charge < -0.3 is 14.7 Å². The molecule has 37 heavy (non-hydrogen) atoms. The van der Waals surface area contributed by atoms with Crippen LogP contribution >= 0.6 is 15.9 Å². The molecule has 0 radical (unpaired) electrons. The van der Waals surface area contributed by atoms with E-state index in [0.717, 1.165) is 6.07 Å². The van der Waals surface area contributed by atoms with Gasteiger partial charge in [-0.25, -0.2) is 0 Å². The Morgan fingerprint density at radius 2 is 1.89 bits per heavy atom. The van der Waals surface area contributed by atoms with Crippen LogP contribution in [0.25, 0.3) is 22.3 Å². The molecule has 0 spiro atoms. The number of hydrogen-bond acceptors (Lipinski definition) is 6. The van der Waals surface area contributed by atoms with E-state index < -0.39 is 27.0 Å². The Kier molecular flexibility index (Phi) is 6.90. The number of fused-ring (bicyclic) bond motifs is 1. The second kappa shape index (κ2) is 9.67. The third-order valence-corrected chi connectivity index (χ3v) is 7.31. The van der Waals surface area contributed by atoms with Crippen molar-refractivity contribution in [3.8, 4) is 11.3 Å². The van der Waals surface area contributed by atoms with E-state index in [9.17, 15) is 31.2 Å². The first-order chi connectivity index (χ1) is 17.3. The molecule has 14 heteroatoms. The van der Waals surface area contributed by atoms with Crippen LogP contribution in [-0.4, -0.2) is 29.4 Å². The highest BCUT2D eigenvalue weighted by atomic mass is 79.9. The predicted molar refractivity (Wildman–Crippen MR) is 133 cm³/mol. The summed E-state index contributed by atoms with van der Waals surface area (Å²) in [4.78, 5) is 27.7. The fraction of sp³-hybridized carbons (Fsp3) is 0.174. The van der Waals surface area contributed by atoms with E-state index in [1.807, 2.05) is 0 Å². The summed E-state index contributed by atoms with van der Waals surface area (Å²) in [7, 11) is -5.66. The number of benzene rings is 2. The van der Waals surface area contributed by atoms with Crippen LogP contribution in [0, 0.1) is 0 Å². The van der Waals surface area contributed by atoms with E-state index >= 15 is 0 Å². The normalized spacial score (nSPS) is 12.1. The van der Waals surface area contributed by atoms with Gasteiger partial charge in [0.25, 0.3) is 11.5 Å². The van der Waals surface area contributed by atoms with Crippen LogP contribution in [0.5, 0.6) is 0 Å². The minimum Gasteiger partial charge on any atom is -0.455 e. The fourth-order valence-corrected chi connectivity index (χ4v) is 4.93. The molecule has 4 aromatic rings. The van der Waals surface area contributed by atoms with Gasteiger partial charge in [-0.3, -0.25) is 14.3 Å². The summed E-state index contributed by atoms with van der Waals surface area (Å²) in [6.07, 6.45) is 0.364. The number of hydrogen-bond donors (Lipinski definition) is 2. The molecule has 2 heterocycles. The average Bonchev–Trinajstić information content (AvgIpc) is 3.14. The second-order valence-corrected chi connectivity index (χ2v) is 10.3. The number of anilines is 1. The minimum absolute atomic E-state index is 0.00484. The lowest BCUT2D eigenvalue weighted by Gasteiger charge is -2.15. The lowest BCUT2D eigenvalue weighted by molar-refractivity contribution is -0.0429. The summed E-state index contributed by atoms with van der Waals surface area (Å²) < 4.78 is 71.5. The number of carbonyl (C=O) groups is 1. The lowest BCUT2D eigenvalue weighted by atomic mass is 10.1. The van der Waals surface area contributed by atoms with Crippen molar-refractivity contribution in [2.75, 3.05) is 4.72 Å². The summed E-state index contributed by atoms with van der Waals surface area (Å²) in [6.45, 7) is 1.91. The van der Waals surface area contributed by atoms with Crippen LogP contribution in [0.2, 0.25) is 0 Å². The van der Waals surface area contributed by atoms with Crippen molar-refractivity contribution in [3.05, 3.63) is 80.4 Å². The van der Waals surface area contributed by atoms with E-state index in [1.54, 1.807) is 29.8 Å². The third kappa shape index (κ3) is 5.11. The van der Waals surface area contributed by atoms with Gasteiger partial charge in [0.05, 0.1) is 10.2 Å². The van der Waals surface area contributed by atoms with Gasteiger partial charge in [-0.15, -0.1) is 0 Å². The van der Waals surface area contributed by atoms with Crippen molar-refractivity contribution >= 4 is 48.5 Å². The average molecular weight is 599 g/mol. The number of alkyl halides is 3. The van der Waals surface area contributed by atoms with Gasteiger partial charge in [0.2, 0.25) is 0 Å². The molecule has 9 nitrogen and oxygen atoms in total. The zero-order chi connectivity index (χ0) is 27.1. The predicted octanol–water partition coefficient (Wildman–Crippen LogP) is 4.39. The van der Waals surface area contributed by atoms with E-state index in [4.69, 9.17) is 10.2 Å². The summed E-state index contributed by atoms with van der Waals surface area (Å²) in [6, 6.07) is 11.6. The Balaban J connectivity index is 1.79. The van der Waals surface area contributed by atoms with Crippen molar-refractivity contribution in [3.63, 3.8) is 0 Å². The number of carbonyl (C=O) groups excluding carboxylic acids is 1. The number of nitrogens with one attached hydrogen (secondary N) is 1. The maximum absolute atomic E-state index is 12.9. The summed E-state index contributed by atoms with van der Waals surface area (Å²) in [5, 5.41) is 0.536.